The minimum absolute atomic E-state index is 0.000678. The fourth-order valence-corrected chi connectivity index (χ4v) is 8.69. The first kappa shape index (κ1) is 43.8. The van der Waals surface area contributed by atoms with Crippen molar-refractivity contribution in [1.82, 2.24) is 49.9 Å². The Morgan fingerprint density at radius 1 is 1.13 bits per heavy atom. The van der Waals surface area contributed by atoms with Gasteiger partial charge in [0, 0.05) is 17.9 Å². The molecule has 9 atom stereocenters. The highest BCUT2D eigenvalue weighted by Gasteiger charge is 2.51. The number of benzene rings is 1. The van der Waals surface area contributed by atoms with E-state index < -0.39 is 94.5 Å². The summed E-state index contributed by atoms with van der Waals surface area (Å²) in [5.74, 6) is -1.68. The number of H-pyrrole nitrogens is 1. The van der Waals surface area contributed by atoms with Crippen LogP contribution in [0.5, 0.6) is 0 Å². The maximum absolute atomic E-state index is 16.5. The maximum atomic E-state index is 16.5. The third-order valence-corrected chi connectivity index (χ3v) is 11.9. The Balaban J connectivity index is 1.09. The minimum atomic E-state index is -4.08. The monoisotopic (exact) mass is 905 g/mol. The Bertz CT molecular complexity index is 2580. The van der Waals surface area contributed by atoms with Gasteiger partial charge in [0.25, 0.3) is 11.5 Å². The largest absolute Gasteiger partial charge is 0.566 e. The molecule has 6 heterocycles. The molecule has 29 heteroatoms. The van der Waals surface area contributed by atoms with Crippen LogP contribution in [-0.4, -0.2) is 117 Å². The van der Waals surface area contributed by atoms with Crippen molar-refractivity contribution >= 4 is 72.7 Å². The molecule has 25 nitrogen and oxygen atoms in total. The van der Waals surface area contributed by atoms with Gasteiger partial charge in [0.05, 0.1) is 38.4 Å². The molecular formula is C32H34FN13O12P2S. The van der Waals surface area contributed by atoms with Gasteiger partial charge in [0.1, 0.15) is 18.5 Å². The van der Waals surface area contributed by atoms with Gasteiger partial charge in [-0.05, 0) is 28.5 Å². The number of nitrogens with one attached hydrogen (secondary N) is 3. The van der Waals surface area contributed by atoms with Crippen molar-refractivity contribution in [2.24, 2.45) is 5.92 Å². The predicted octanol–water partition coefficient (Wildman–Crippen LogP) is 1.07. The number of halogens is 1. The fraction of sp³-hybridized carbons (Fsp3) is 0.469. The second-order valence-electron chi connectivity index (χ2n) is 13.5. The average Bonchev–Trinajstić information content (AvgIpc) is 4.02. The number of fused-ring (bicyclic) bond motifs is 2. The van der Waals surface area contributed by atoms with Gasteiger partial charge in [-0.1, -0.05) is 42.5 Å². The van der Waals surface area contributed by atoms with Crippen LogP contribution in [0.15, 0.2) is 41.5 Å². The summed E-state index contributed by atoms with van der Waals surface area (Å²) in [6.07, 6.45) is -9.73. The SMILES string of the molecule is CC(C)C(=O)Nc1nc2c(nnn2[C@@H]2O[C@H](COP(=S)(OCCC#N)O[C@H]3[C@H](F)[C@H](n4nnc5c(NC(=O)c6ccccc6)ncnc54)O[C@@H]3CO)C[C@@H]2O[P+](=O)[O-])c(=O)[nH]1. The van der Waals surface area contributed by atoms with E-state index in [4.69, 9.17) is 39.4 Å². The van der Waals surface area contributed by atoms with Crippen LogP contribution in [0.4, 0.5) is 16.2 Å². The molecule has 4 aromatic heterocycles. The lowest BCUT2D eigenvalue weighted by Crippen LogP contribution is -2.34. The number of nitriles is 1. The van der Waals surface area contributed by atoms with Crippen molar-refractivity contribution in [3.8, 4) is 6.07 Å². The van der Waals surface area contributed by atoms with Crippen molar-refractivity contribution in [3.05, 3.63) is 52.6 Å². The fourth-order valence-electron chi connectivity index (χ4n) is 6.16. The third kappa shape index (κ3) is 9.64. The molecule has 2 amide bonds. The van der Waals surface area contributed by atoms with Gasteiger partial charge >= 0.3 is 15.0 Å². The van der Waals surface area contributed by atoms with Gasteiger partial charge in [-0.3, -0.25) is 29.2 Å². The summed E-state index contributed by atoms with van der Waals surface area (Å²) in [6, 6.07) is 10.2. The number of ether oxygens (including phenoxy) is 2. The van der Waals surface area contributed by atoms with Gasteiger partial charge in [0.15, 0.2) is 52.9 Å². The Morgan fingerprint density at radius 3 is 2.57 bits per heavy atom. The van der Waals surface area contributed by atoms with Crippen molar-refractivity contribution in [2.45, 2.75) is 69.7 Å². The van der Waals surface area contributed by atoms with Crippen LogP contribution in [0.25, 0.3) is 22.3 Å². The zero-order chi connectivity index (χ0) is 43.4. The topological polar surface area (TPSA) is 331 Å². The first-order valence-corrected chi connectivity index (χ1v) is 21.8. The number of carbonyl (C=O) groups excluding carboxylic acids is 2. The summed E-state index contributed by atoms with van der Waals surface area (Å²) in [6.45, 7) is -2.41. The number of hydrogen-bond acceptors (Lipinski definition) is 21. The normalized spacial score (nSPS) is 23.9. The van der Waals surface area contributed by atoms with Gasteiger partial charge in [-0.15, -0.1) is 14.7 Å². The summed E-state index contributed by atoms with van der Waals surface area (Å²) < 4.78 is 64.9. The highest BCUT2D eigenvalue weighted by atomic mass is 32.5. The number of aromatic amines is 1. The molecule has 2 saturated heterocycles. The van der Waals surface area contributed by atoms with Crippen LogP contribution < -0.4 is 21.1 Å². The van der Waals surface area contributed by atoms with E-state index in [1.165, 1.54) is 0 Å². The van der Waals surface area contributed by atoms with Gasteiger partial charge < -0.3 is 33.8 Å². The number of alkyl halides is 1. The maximum Gasteiger partial charge on any atom is 0.488 e. The molecule has 2 aliphatic heterocycles. The Hall–Kier alpha value is -5.23. The molecule has 2 aliphatic rings. The molecule has 2 unspecified atom stereocenters. The molecule has 322 valence electrons. The quantitative estimate of drug-likeness (QED) is 0.0749. The number of aliphatic hydroxyl groups is 1. The van der Waals surface area contributed by atoms with Gasteiger partial charge in [-0.25, -0.2) is 14.4 Å². The first-order chi connectivity index (χ1) is 29.3. The van der Waals surface area contributed by atoms with Gasteiger partial charge in [0.2, 0.25) is 11.9 Å². The van der Waals surface area contributed by atoms with Gasteiger partial charge in [-0.2, -0.15) is 19.6 Å². The van der Waals surface area contributed by atoms with Crippen molar-refractivity contribution < 1.29 is 56.1 Å². The zero-order valence-corrected chi connectivity index (χ0v) is 34.3. The summed E-state index contributed by atoms with van der Waals surface area (Å²) in [5, 5.41) is 40.3. The number of aliphatic hydroxyl groups excluding tert-OH is 1. The Morgan fingerprint density at radius 2 is 1.87 bits per heavy atom. The molecule has 0 aliphatic carbocycles. The summed E-state index contributed by atoms with van der Waals surface area (Å²) in [5.41, 5.74) is -0.911. The molecule has 4 N–H and O–H groups in total. The van der Waals surface area contributed by atoms with Crippen LogP contribution in [0.1, 0.15) is 49.5 Å². The smallest absolute Gasteiger partial charge is 0.488 e. The first-order valence-electron chi connectivity index (χ1n) is 18.2. The molecule has 0 spiro atoms. The predicted molar refractivity (Wildman–Crippen MR) is 205 cm³/mol. The molecule has 0 radical (unpaired) electrons. The summed E-state index contributed by atoms with van der Waals surface area (Å²) >= 11 is 5.65. The van der Waals surface area contributed by atoms with E-state index in [1.807, 2.05) is 6.07 Å². The number of carbonyl (C=O) groups is 2. The molecular weight excluding hydrogens is 871 g/mol. The summed E-state index contributed by atoms with van der Waals surface area (Å²) in [7, 11) is -3.46. The van der Waals surface area contributed by atoms with E-state index in [0.29, 0.717) is 5.56 Å². The van der Waals surface area contributed by atoms with E-state index in [2.05, 4.69) is 51.2 Å². The Kier molecular flexibility index (Phi) is 13.5. The number of amides is 2. The van der Waals surface area contributed by atoms with Crippen LogP contribution in [0.3, 0.4) is 0 Å². The average molecular weight is 906 g/mol. The van der Waals surface area contributed by atoms with Crippen molar-refractivity contribution in [1.29, 1.82) is 5.26 Å². The van der Waals surface area contributed by atoms with Crippen LogP contribution in [0.2, 0.25) is 0 Å². The van der Waals surface area contributed by atoms with E-state index in [9.17, 15) is 34.2 Å². The number of hydrogen-bond donors (Lipinski definition) is 4. The number of rotatable bonds is 17. The molecule has 61 heavy (non-hydrogen) atoms. The van der Waals surface area contributed by atoms with E-state index in [1.54, 1.807) is 44.2 Å². The molecule has 7 rings (SSSR count). The third-order valence-electron chi connectivity index (χ3n) is 9.06. The second-order valence-corrected chi connectivity index (χ2v) is 17.1. The molecule has 0 saturated carbocycles. The highest BCUT2D eigenvalue weighted by molar-refractivity contribution is 8.07. The zero-order valence-electron chi connectivity index (χ0n) is 31.7. The molecule has 0 bridgehead atoms. The molecule has 1 aromatic carbocycles. The van der Waals surface area contributed by atoms with E-state index in [0.717, 1.165) is 15.7 Å². The number of aromatic nitrogens is 10. The number of anilines is 2. The van der Waals surface area contributed by atoms with E-state index >= 15 is 4.39 Å². The van der Waals surface area contributed by atoms with Crippen LogP contribution >= 0.6 is 15.0 Å². The van der Waals surface area contributed by atoms with Crippen molar-refractivity contribution in [2.75, 3.05) is 30.5 Å². The van der Waals surface area contributed by atoms with Crippen molar-refractivity contribution in [3.63, 3.8) is 0 Å². The standard InChI is InChI=1S/C32H34FN13O12P2S/c1-15(2)27(48)39-32-38-26-22(29(50)40-32)42-44-46(26)30-18(57-59(51)52)11-17(55-30)13-54-60(61,53-10-6-9-34)58-23-19(12-47)56-31(20(23)33)45-25-21(41-43-45)24(35-14-36-25)37-28(49)16-7-4-3-5-8-16/h3-5,7-8,14-15,17-20,23,30-31,47H,6,10-13H2,1-2H3,(H,35,36,37,49)(H2,38,39,40,48,50)/t17-,18-,19+,20-,23+,30+,31+,60?/m0/s1. The second kappa shape index (κ2) is 18.8. The number of nitrogens with zero attached hydrogens (tertiary/aromatic N) is 10. The lowest BCUT2D eigenvalue weighted by molar-refractivity contribution is -0.192. The lowest BCUT2D eigenvalue weighted by atomic mass is 10.1. The highest BCUT2D eigenvalue weighted by Crippen LogP contribution is 2.55. The lowest BCUT2D eigenvalue weighted by Gasteiger charge is -2.28. The minimum Gasteiger partial charge on any atom is -0.566 e. The molecule has 2 fully saturated rings. The summed E-state index contributed by atoms with van der Waals surface area (Å²) in [4.78, 5) is 64.5. The van der Waals surface area contributed by atoms with E-state index in [-0.39, 0.29) is 53.5 Å². The van der Waals surface area contributed by atoms with Crippen LogP contribution in [0, 0.1) is 17.2 Å². The molecule has 5 aromatic rings. The van der Waals surface area contributed by atoms with Crippen LogP contribution in [-0.2, 0) is 48.7 Å². The Labute approximate surface area is 348 Å².